The van der Waals surface area contributed by atoms with Crippen molar-refractivity contribution in [3.8, 4) is 0 Å². The number of nitrogens with zero attached hydrogens (tertiary/aromatic N) is 3. The van der Waals surface area contributed by atoms with E-state index in [0.717, 1.165) is 44.1 Å². The number of carbonyl (C=O) groups excluding carboxylic acids is 1. The number of carbonyl (C=O) groups is 1. The van der Waals surface area contributed by atoms with Crippen LogP contribution in [0, 0.1) is 5.92 Å². The minimum absolute atomic E-state index is 0.174. The van der Waals surface area contributed by atoms with Gasteiger partial charge in [-0.05, 0) is 24.5 Å². The normalized spacial score (nSPS) is 15.1. The molecule has 0 spiro atoms. The summed E-state index contributed by atoms with van der Waals surface area (Å²) in [5, 5.41) is 15.8. The molecule has 3 N–H and O–H groups in total. The van der Waals surface area contributed by atoms with E-state index in [4.69, 9.17) is 0 Å². The van der Waals surface area contributed by atoms with Crippen molar-refractivity contribution in [1.82, 2.24) is 30.4 Å². The molecule has 1 atom stereocenters. The van der Waals surface area contributed by atoms with Crippen LogP contribution >= 0.6 is 0 Å². The van der Waals surface area contributed by atoms with Gasteiger partial charge in [0.2, 0.25) is 0 Å². The summed E-state index contributed by atoms with van der Waals surface area (Å²) in [6, 6.07) is 8.26. The molecule has 0 saturated heterocycles. The summed E-state index contributed by atoms with van der Waals surface area (Å²) in [6.45, 7) is 6.71. The Morgan fingerprint density at radius 1 is 1.24 bits per heavy atom. The van der Waals surface area contributed by atoms with E-state index in [1.165, 1.54) is 6.07 Å². The lowest BCUT2D eigenvalue weighted by Gasteiger charge is -2.21. The number of aromatic nitrogens is 4. The van der Waals surface area contributed by atoms with E-state index in [1.54, 1.807) is 12.1 Å². The number of aromatic amines is 1. The number of H-pyrrole nitrogens is 1. The molecule has 1 aromatic carbocycles. The number of amides is 1. The monoisotopic (exact) mass is 394 g/mol. The van der Waals surface area contributed by atoms with Gasteiger partial charge in [0.15, 0.2) is 11.3 Å². The minimum atomic E-state index is -0.317. The molecule has 0 unspecified atom stereocenters. The van der Waals surface area contributed by atoms with Crippen molar-refractivity contribution in [1.29, 1.82) is 0 Å². The van der Waals surface area contributed by atoms with Crippen LogP contribution in [0.25, 0.3) is 10.9 Å². The Morgan fingerprint density at radius 3 is 2.90 bits per heavy atom. The second kappa shape index (κ2) is 8.16. The summed E-state index contributed by atoms with van der Waals surface area (Å²) in [5.41, 5.74) is 0.722. The van der Waals surface area contributed by atoms with Gasteiger partial charge >= 0.3 is 0 Å². The summed E-state index contributed by atoms with van der Waals surface area (Å²) in [4.78, 5) is 28.5. The lowest BCUT2D eigenvalue weighted by Crippen LogP contribution is -2.33. The van der Waals surface area contributed by atoms with Gasteiger partial charge in [-0.1, -0.05) is 26.0 Å². The van der Waals surface area contributed by atoms with Gasteiger partial charge < -0.3 is 20.2 Å². The fourth-order valence-electron chi connectivity index (χ4n) is 3.81. The van der Waals surface area contributed by atoms with Gasteiger partial charge in [0, 0.05) is 43.0 Å². The van der Waals surface area contributed by atoms with E-state index in [9.17, 15) is 9.59 Å². The third kappa shape index (κ3) is 4.07. The molecular weight excluding hydrogens is 368 g/mol. The number of hydrogen-bond acceptors (Lipinski definition) is 5. The molecule has 8 nitrogen and oxygen atoms in total. The lowest BCUT2D eigenvalue weighted by molar-refractivity contribution is 0.0924. The van der Waals surface area contributed by atoms with Crippen molar-refractivity contribution in [2.24, 2.45) is 5.92 Å². The van der Waals surface area contributed by atoms with Crippen LogP contribution in [0.4, 0.5) is 0 Å². The molecule has 3 aromatic rings. The highest BCUT2D eigenvalue weighted by atomic mass is 16.2. The standard InChI is InChI=1S/C21H26N6O2/c1-13(2)11-16(20-26-25-19-7-8-22-9-10-27(19)20)24-21(29)17-12-18(28)14-5-3-4-6-15(14)23-17/h3-6,12-13,16,22H,7-11H2,1-2H3,(H,23,28)(H,24,29)/t16-/m0/s1. The Labute approximate surface area is 168 Å². The van der Waals surface area contributed by atoms with E-state index in [-0.39, 0.29) is 23.1 Å². The molecule has 8 heteroatoms. The molecule has 1 aliphatic heterocycles. The van der Waals surface area contributed by atoms with Gasteiger partial charge in [0.1, 0.15) is 11.5 Å². The number of fused-ring (bicyclic) bond motifs is 2. The van der Waals surface area contributed by atoms with Crippen LogP contribution in [0.1, 0.15) is 48.4 Å². The molecule has 0 radical (unpaired) electrons. The predicted molar refractivity (Wildman–Crippen MR) is 111 cm³/mol. The lowest BCUT2D eigenvalue weighted by atomic mass is 10.0. The van der Waals surface area contributed by atoms with Gasteiger partial charge in [0.05, 0.1) is 6.04 Å². The van der Waals surface area contributed by atoms with E-state index in [1.807, 2.05) is 12.1 Å². The van der Waals surface area contributed by atoms with Crippen molar-refractivity contribution < 1.29 is 4.79 Å². The van der Waals surface area contributed by atoms with Crippen LogP contribution in [-0.4, -0.2) is 38.7 Å². The second-order valence-corrected chi connectivity index (χ2v) is 7.87. The van der Waals surface area contributed by atoms with E-state index >= 15 is 0 Å². The van der Waals surface area contributed by atoms with Gasteiger partial charge in [-0.2, -0.15) is 0 Å². The summed E-state index contributed by atoms with van der Waals surface area (Å²) in [6.07, 6.45) is 1.54. The summed E-state index contributed by atoms with van der Waals surface area (Å²) in [7, 11) is 0. The Morgan fingerprint density at radius 2 is 2.07 bits per heavy atom. The van der Waals surface area contributed by atoms with E-state index in [2.05, 4.69) is 44.2 Å². The molecule has 1 amide bonds. The Kier molecular flexibility index (Phi) is 5.44. The summed E-state index contributed by atoms with van der Waals surface area (Å²) < 4.78 is 2.11. The zero-order valence-corrected chi connectivity index (χ0v) is 16.7. The van der Waals surface area contributed by atoms with Gasteiger partial charge in [-0.15, -0.1) is 10.2 Å². The second-order valence-electron chi connectivity index (χ2n) is 7.87. The number of pyridine rings is 1. The van der Waals surface area contributed by atoms with E-state index < -0.39 is 0 Å². The Balaban J connectivity index is 1.65. The van der Waals surface area contributed by atoms with Crippen LogP contribution in [0.5, 0.6) is 0 Å². The number of para-hydroxylation sites is 1. The van der Waals surface area contributed by atoms with Crippen molar-refractivity contribution in [2.75, 3.05) is 13.1 Å². The molecule has 1 aliphatic rings. The van der Waals surface area contributed by atoms with Crippen molar-refractivity contribution in [2.45, 2.75) is 39.3 Å². The molecular formula is C21H26N6O2. The largest absolute Gasteiger partial charge is 0.350 e. The molecule has 3 heterocycles. The zero-order valence-electron chi connectivity index (χ0n) is 16.7. The first-order valence-corrected chi connectivity index (χ1v) is 10.1. The average Bonchev–Trinajstić information content (AvgIpc) is 2.95. The maximum atomic E-state index is 13.0. The Hall–Kier alpha value is -3.00. The fourth-order valence-corrected chi connectivity index (χ4v) is 3.81. The van der Waals surface area contributed by atoms with Gasteiger partial charge in [-0.3, -0.25) is 9.59 Å². The van der Waals surface area contributed by atoms with Crippen LogP contribution in [0.15, 0.2) is 35.1 Å². The molecule has 29 heavy (non-hydrogen) atoms. The minimum Gasteiger partial charge on any atom is -0.350 e. The highest BCUT2D eigenvalue weighted by molar-refractivity contribution is 5.95. The van der Waals surface area contributed by atoms with E-state index in [0.29, 0.717) is 16.8 Å². The molecule has 0 bridgehead atoms. The number of nitrogens with one attached hydrogen (secondary N) is 3. The summed E-state index contributed by atoms with van der Waals surface area (Å²) in [5.74, 6) is 1.75. The van der Waals surface area contributed by atoms with Gasteiger partial charge in [-0.25, -0.2) is 0 Å². The SMILES string of the molecule is CC(C)C[C@H](NC(=O)c1cc(=O)c2ccccc2[nH]1)c1nnc2n1CCNCC2. The van der Waals surface area contributed by atoms with Crippen LogP contribution < -0.4 is 16.1 Å². The maximum absolute atomic E-state index is 13.0. The first kappa shape index (κ1) is 19.3. The topological polar surface area (TPSA) is 105 Å². The molecule has 0 saturated carbocycles. The number of rotatable bonds is 5. The highest BCUT2D eigenvalue weighted by Crippen LogP contribution is 2.22. The average molecular weight is 394 g/mol. The number of benzene rings is 1. The molecule has 152 valence electrons. The van der Waals surface area contributed by atoms with Crippen LogP contribution in [0.2, 0.25) is 0 Å². The van der Waals surface area contributed by atoms with Crippen LogP contribution in [-0.2, 0) is 13.0 Å². The highest BCUT2D eigenvalue weighted by Gasteiger charge is 2.25. The quantitative estimate of drug-likeness (QED) is 0.612. The van der Waals surface area contributed by atoms with Crippen molar-refractivity contribution in [3.63, 3.8) is 0 Å². The third-order valence-electron chi connectivity index (χ3n) is 5.20. The third-order valence-corrected chi connectivity index (χ3v) is 5.20. The molecule has 2 aromatic heterocycles. The Bertz CT molecular complexity index is 1080. The fraction of sp³-hybridized carbons (Fsp3) is 0.429. The number of hydrogen-bond donors (Lipinski definition) is 3. The summed E-state index contributed by atoms with van der Waals surface area (Å²) >= 11 is 0. The predicted octanol–water partition coefficient (Wildman–Crippen LogP) is 1.78. The molecule has 0 aliphatic carbocycles. The first-order valence-electron chi connectivity index (χ1n) is 10.1. The smallest absolute Gasteiger partial charge is 0.268 e. The molecule has 0 fully saturated rings. The maximum Gasteiger partial charge on any atom is 0.268 e. The van der Waals surface area contributed by atoms with Crippen molar-refractivity contribution >= 4 is 16.8 Å². The first-order chi connectivity index (χ1) is 14.0. The van der Waals surface area contributed by atoms with Crippen LogP contribution in [0.3, 0.4) is 0 Å². The molecule has 4 rings (SSSR count). The zero-order chi connectivity index (χ0) is 20.4. The van der Waals surface area contributed by atoms with Crippen molar-refractivity contribution in [3.05, 3.63) is 57.9 Å². The van der Waals surface area contributed by atoms with Gasteiger partial charge in [0.25, 0.3) is 5.91 Å².